The van der Waals surface area contributed by atoms with Crippen molar-refractivity contribution in [3.63, 3.8) is 0 Å². The zero-order valence-electron chi connectivity index (χ0n) is 8.59. The molecule has 1 rings (SSSR count). The highest BCUT2D eigenvalue weighted by molar-refractivity contribution is 5.73. The second kappa shape index (κ2) is 3.96. The first-order valence-corrected chi connectivity index (χ1v) is 4.69. The summed E-state index contributed by atoms with van der Waals surface area (Å²) < 4.78 is 0. The molecule has 0 radical (unpaired) electrons. The number of amides is 2. The van der Waals surface area contributed by atoms with Gasteiger partial charge in [-0.2, -0.15) is 0 Å². The van der Waals surface area contributed by atoms with Gasteiger partial charge in [0.15, 0.2) is 0 Å². The van der Waals surface area contributed by atoms with Crippen molar-refractivity contribution in [2.24, 2.45) is 5.41 Å². The molecule has 1 fully saturated rings. The maximum absolute atomic E-state index is 11.3. The van der Waals surface area contributed by atoms with E-state index in [0.29, 0.717) is 5.41 Å². The topological polar surface area (TPSA) is 41.6 Å². The molecule has 76 valence electrons. The normalized spacial score (nSPS) is 27.8. The minimum Gasteiger partial charge on any atom is -0.322 e. The van der Waals surface area contributed by atoms with Crippen LogP contribution in [0, 0.1) is 5.41 Å². The highest BCUT2D eigenvalue weighted by Gasteiger charge is 2.34. The molecule has 0 aromatic rings. The predicted octanol–water partition coefficient (Wildman–Crippen LogP) is 1.38. The van der Waals surface area contributed by atoms with Gasteiger partial charge in [-0.1, -0.05) is 13.8 Å². The highest BCUT2D eigenvalue weighted by Crippen LogP contribution is 2.32. The molecule has 0 aliphatic carbocycles. The maximum Gasteiger partial charge on any atom is 0.341 e. The van der Waals surface area contributed by atoms with Crippen molar-refractivity contribution in [3.05, 3.63) is 0 Å². The minimum atomic E-state index is -0.125. The number of nitrogens with one attached hydrogen (secondary N) is 1. The van der Waals surface area contributed by atoms with Crippen molar-refractivity contribution < 1.29 is 9.63 Å². The van der Waals surface area contributed by atoms with Gasteiger partial charge in [0.25, 0.3) is 0 Å². The van der Waals surface area contributed by atoms with E-state index < -0.39 is 0 Å². The summed E-state index contributed by atoms with van der Waals surface area (Å²) >= 11 is 0. The Morgan fingerprint density at radius 3 is 2.85 bits per heavy atom. The average Bonchev–Trinajstić information content (AvgIpc) is 2.50. The van der Waals surface area contributed by atoms with Crippen LogP contribution in [0.3, 0.4) is 0 Å². The number of rotatable bonds is 2. The third kappa shape index (κ3) is 2.34. The molecule has 0 spiro atoms. The third-order valence-electron chi connectivity index (χ3n) is 2.89. The maximum atomic E-state index is 11.3. The molecule has 1 heterocycles. The van der Waals surface area contributed by atoms with Gasteiger partial charge in [0.1, 0.15) is 0 Å². The van der Waals surface area contributed by atoms with Gasteiger partial charge >= 0.3 is 6.03 Å². The molecule has 13 heavy (non-hydrogen) atoms. The molecule has 1 aliphatic rings. The lowest BCUT2D eigenvalue weighted by atomic mass is 9.87. The van der Waals surface area contributed by atoms with Crippen LogP contribution in [0.15, 0.2) is 0 Å². The van der Waals surface area contributed by atoms with E-state index >= 15 is 0 Å². The molecule has 1 saturated heterocycles. The van der Waals surface area contributed by atoms with Crippen LogP contribution < -0.4 is 5.48 Å². The third-order valence-corrected chi connectivity index (χ3v) is 2.89. The number of hydrogen-bond donors (Lipinski definition) is 1. The van der Waals surface area contributed by atoms with E-state index in [1.165, 1.54) is 7.11 Å². The van der Waals surface area contributed by atoms with Crippen LogP contribution in [0.5, 0.6) is 0 Å². The number of hydroxylamine groups is 1. The summed E-state index contributed by atoms with van der Waals surface area (Å²) in [5.41, 5.74) is 2.63. The van der Waals surface area contributed by atoms with Gasteiger partial charge in [0, 0.05) is 13.1 Å². The number of carbonyl (C=O) groups excluding carboxylic acids is 1. The first-order chi connectivity index (χ1) is 6.11. The van der Waals surface area contributed by atoms with Crippen molar-refractivity contribution in [2.45, 2.75) is 26.7 Å². The SMILES string of the molecule is CCC1(C)CCN(C(=O)NOC)C1. The van der Waals surface area contributed by atoms with E-state index in [4.69, 9.17) is 0 Å². The Hall–Kier alpha value is -0.770. The minimum absolute atomic E-state index is 0.125. The van der Waals surface area contributed by atoms with Gasteiger partial charge in [-0.25, -0.2) is 10.3 Å². The molecule has 1 unspecified atom stereocenters. The number of hydrogen-bond acceptors (Lipinski definition) is 2. The zero-order valence-corrected chi connectivity index (χ0v) is 8.59. The Bertz CT molecular complexity index is 196. The summed E-state index contributed by atoms with van der Waals surface area (Å²) in [5.74, 6) is 0. The van der Waals surface area contributed by atoms with E-state index in [1.54, 1.807) is 4.90 Å². The van der Waals surface area contributed by atoms with Crippen LogP contribution in [0.4, 0.5) is 4.79 Å². The van der Waals surface area contributed by atoms with Gasteiger partial charge in [-0.3, -0.25) is 4.84 Å². The molecule has 4 heteroatoms. The van der Waals surface area contributed by atoms with Gasteiger partial charge in [0.2, 0.25) is 0 Å². The van der Waals surface area contributed by atoms with Crippen molar-refractivity contribution in [3.8, 4) is 0 Å². The molecular formula is C9H18N2O2. The zero-order chi connectivity index (χ0) is 9.90. The smallest absolute Gasteiger partial charge is 0.322 e. The summed E-state index contributed by atoms with van der Waals surface area (Å²) in [5, 5.41) is 0. The summed E-state index contributed by atoms with van der Waals surface area (Å²) in [6.45, 7) is 6.04. The van der Waals surface area contributed by atoms with Crippen molar-refractivity contribution in [1.82, 2.24) is 10.4 Å². The summed E-state index contributed by atoms with van der Waals surface area (Å²) in [6, 6.07) is -0.125. The van der Waals surface area contributed by atoms with Crippen molar-refractivity contribution in [1.29, 1.82) is 0 Å². The summed E-state index contributed by atoms with van der Waals surface area (Å²) in [6.07, 6.45) is 2.20. The van der Waals surface area contributed by atoms with E-state index in [1.807, 2.05) is 0 Å². The molecule has 1 atom stereocenters. The molecular weight excluding hydrogens is 168 g/mol. The lowest BCUT2D eigenvalue weighted by molar-refractivity contribution is 0.0888. The van der Waals surface area contributed by atoms with Crippen LogP contribution in [0.25, 0.3) is 0 Å². The molecule has 4 nitrogen and oxygen atoms in total. The standard InChI is InChI=1S/C9H18N2O2/c1-4-9(2)5-6-11(7-9)8(12)10-13-3/h4-7H2,1-3H3,(H,10,12). The molecule has 0 aromatic heterocycles. The molecule has 0 saturated carbocycles. The quantitative estimate of drug-likeness (QED) is 0.662. The van der Waals surface area contributed by atoms with Crippen LogP contribution >= 0.6 is 0 Å². The van der Waals surface area contributed by atoms with E-state index in [9.17, 15) is 4.79 Å². The molecule has 1 aliphatic heterocycles. The lowest BCUT2D eigenvalue weighted by Crippen LogP contribution is -2.38. The Kier molecular flexibility index (Phi) is 3.14. The van der Waals surface area contributed by atoms with Gasteiger partial charge in [-0.05, 0) is 18.3 Å². The fraction of sp³-hybridized carbons (Fsp3) is 0.889. The Morgan fingerprint density at radius 1 is 1.69 bits per heavy atom. The number of nitrogens with zero attached hydrogens (tertiary/aromatic N) is 1. The summed E-state index contributed by atoms with van der Waals surface area (Å²) in [7, 11) is 1.45. The highest BCUT2D eigenvalue weighted by atomic mass is 16.6. The lowest BCUT2D eigenvalue weighted by Gasteiger charge is -2.22. The largest absolute Gasteiger partial charge is 0.341 e. The Balaban J connectivity index is 2.45. The van der Waals surface area contributed by atoms with Crippen LogP contribution in [-0.4, -0.2) is 31.1 Å². The predicted molar refractivity (Wildman–Crippen MR) is 50.1 cm³/mol. The number of carbonyl (C=O) groups is 1. The fourth-order valence-corrected chi connectivity index (χ4v) is 1.64. The fourth-order valence-electron chi connectivity index (χ4n) is 1.64. The number of urea groups is 1. The average molecular weight is 186 g/mol. The van der Waals surface area contributed by atoms with Gasteiger partial charge in [0.05, 0.1) is 7.11 Å². The van der Waals surface area contributed by atoms with Crippen LogP contribution in [0.1, 0.15) is 26.7 Å². The van der Waals surface area contributed by atoms with E-state index in [-0.39, 0.29) is 6.03 Å². The van der Waals surface area contributed by atoms with Crippen LogP contribution in [-0.2, 0) is 4.84 Å². The monoisotopic (exact) mass is 186 g/mol. The van der Waals surface area contributed by atoms with E-state index in [0.717, 1.165) is 25.9 Å². The summed E-state index contributed by atoms with van der Waals surface area (Å²) in [4.78, 5) is 17.7. The number of likely N-dealkylation sites (tertiary alicyclic amines) is 1. The van der Waals surface area contributed by atoms with Crippen molar-refractivity contribution >= 4 is 6.03 Å². The molecule has 0 aromatic carbocycles. The van der Waals surface area contributed by atoms with Crippen molar-refractivity contribution in [2.75, 3.05) is 20.2 Å². The first kappa shape index (κ1) is 10.3. The second-order valence-corrected chi connectivity index (χ2v) is 3.95. The van der Waals surface area contributed by atoms with Gasteiger partial charge in [-0.15, -0.1) is 0 Å². The Labute approximate surface area is 79.2 Å². The molecule has 0 bridgehead atoms. The first-order valence-electron chi connectivity index (χ1n) is 4.69. The molecule has 1 N–H and O–H groups in total. The molecule has 2 amide bonds. The second-order valence-electron chi connectivity index (χ2n) is 3.95. The van der Waals surface area contributed by atoms with Crippen LogP contribution in [0.2, 0.25) is 0 Å². The van der Waals surface area contributed by atoms with E-state index in [2.05, 4.69) is 24.2 Å². The van der Waals surface area contributed by atoms with Gasteiger partial charge < -0.3 is 4.90 Å². The Morgan fingerprint density at radius 2 is 2.38 bits per heavy atom.